The lowest BCUT2D eigenvalue weighted by atomic mass is 10.1. The average Bonchev–Trinajstić information content (AvgIpc) is 2.73. The minimum Gasteiger partial charge on any atom is -0.350 e. The van der Waals surface area contributed by atoms with E-state index in [-0.39, 0.29) is 22.2 Å². The zero-order chi connectivity index (χ0) is 20.9. The van der Waals surface area contributed by atoms with Gasteiger partial charge >= 0.3 is 0 Å². The van der Waals surface area contributed by atoms with Gasteiger partial charge in [-0.1, -0.05) is 71.8 Å². The molecule has 7 heteroatoms. The largest absolute Gasteiger partial charge is 0.350 e. The quantitative estimate of drug-likeness (QED) is 0.614. The normalized spacial score (nSPS) is 11.1. The minimum absolute atomic E-state index is 0.0891. The standard InChI is InChI=1S/C22H21ClN2O3S/c1-17-11-13-18(14-12-17)15-24-22(26)16-25(21-10-6-5-9-20(21)23)29(27,28)19-7-3-2-4-8-19/h2-14H,15-16H2,1H3,(H,24,26). The van der Waals surface area contributed by atoms with Gasteiger partial charge in [0.15, 0.2) is 0 Å². The summed E-state index contributed by atoms with van der Waals surface area (Å²) in [5, 5.41) is 3.02. The van der Waals surface area contributed by atoms with E-state index in [0.29, 0.717) is 6.54 Å². The number of carbonyl (C=O) groups is 1. The summed E-state index contributed by atoms with van der Waals surface area (Å²) >= 11 is 6.25. The van der Waals surface area contributed by atoms with E-state index in [1.165, 1.54) is 12.1 Å². The van der Waals surface area contributed by atoms with Crippen LogP contribution in [0.1, 0.15) is 11.1 Å². The van der Waals surface area contributed by atoms with Crippen molar-refractivity contribution < 1.29 is 13.2 Å². The molecule has 0 atom stereocenters. The van der Waals surface area contributed by atoms with Gasteiger partial charge in [-0.15, -0.1) is 0 Å². The van der Waals surface area contributed by atoms with Crippen LogP contribution in [0.3, 0.4) is 0 Å². The van der Waals surface area contributed by atoms with E-state index in [1.807, 2.05) is 31.2 Å². The number of para-hydroxylation sites is 1. The predicted octanol–water partition coefficient (Wildman–Crippen LogP) is 4.16. The molecular formula is C22H21ClN2O3S. The van der Waals surface area contributed by atoms with Crippen molar-refractivity contribution in [1.29, 1.82) is 0 Å². The Kier molecular flexibility index (Phi) is 6.56. The fourth-order valence-electron chi connectivity index (χ4n) is 2.77. The van der Waals surface area contributed by atoms with Crippen LogP contribution in [0.25, 0.3) is 0 Å². The van der Waals surface area contributed by atoms with E-state index in [2.05, 4.69) is 5.32 Å². The smallest absolute Gasteiger partial charge is 0.264 e. The van der Waals surface area contributed by atoms with E-state index < -0.39 is 15.9 Å². The fraction of sp³-hybridized carbons (Fsp3) is 0.136. The van der Waals surface area contributed by atoms with E-state index >= 15 is 0 Å². The number of sulfonamides is 1. The molecule has 0 aliphatic rings. The van der Waals surface area contributed by atoms with Crippen LogP contribution in [-0.2, 0) is 21.4 Å². The number of hydrogen-bond donors (Lipinski definition) is 1. The van der Waals surface area contributed by atoms with Gasteiger partial charge in [-0.25, -0.2) is 8.42 Å². The lowest BCUT2D eigenvalue weighted by Gasteiger charge is -2.25. The molecule has 5 nitrogen and oxygen atoms in total. The molecule has 0 spiro atoms. The molecule has 0 bridgehead atoms. The second-order valence-electron chi connectivity index (χ2n) is 6.54. The summed E-state index contributed by atoms with van der Waals surface area (Å²) in [6, 6.07) is 22.3. The molecule has 0 saturated heterocycles. The van der Waals surface area contributed by atoms with Crippen LogP contribution in [0.5, 0.6) is 0 Å². The van der Waals surface area contributed by atoms with E-state index in [0.717, 1.165) is 15.4 Å². The van der Waals surface area contributed by atoms with Crippen LogP contribution < -0.4 is 9.62 Å². The van der Waals surface area contributed by atoms with Gasteiger partial charge in [0.05, 0.1) is 15.6 Å². The molecule has 0 aliphatic carbocycles. The number of nitrogens with one attached hydrogen (secondary N) is 1. The molecule has 0 aliphatic heterocycles. The Hall–Kier alpha value is -2.83. The first-order valence-electron chi connectivity index (χ1n) is 9.02. The third-order valence-corrected chi connectivity index (χ3v) is 6.44. The van der Waals surface area contributed by atoms with Crippen LogP contribution in [0.2, 0.25) is 5.02 Å². The Morgan fingerprint density at radius 2 is 1.55 bits per heavy atom. The van der Waals surface area contributed by atoms with Crippen molar-refractivity contribution in [2.24, 2.45) is 0 Å². The molecule has 0 fully saturated rings. The van der Waals surface area contributed by atoms with Crippen molar-refractivity contribution in [3.8, 4) is 0 Å². The first-order chi connectivity index (χ1) is 13.9. The first kappa shape index (κ1) is 20.9. The third-order valence-electron chi connectivity index (χ3n) is 4.35. The molecule has 0 unspecified atom stereocenters. The zero-order valence-corrected chi connectivity index (χ0v) is 17.5. The number of carbonyl (C=O) groups excluding carboxylic acids is 1. The van der Waals surface area contributed by atoms with Gasteiger partial charge < -0.3 is 5.32 Å². The number of benzene rings is 3. The molecule has 3 aromatic rings. The molecule has 29 heavy (non-hydrogen) atoms. The molecule has 3 rings (SSSR count). The summed E-state index contributed by atoms with van der Waals surface area (Å²) in [5.41, 5.74) is 2.31. The SMILES string of the molecule is Cc1ccc(CNC(=O)CN(c2ccccc2Cl)S(=O)(=O)c2ccccc2)cc1. The number of rotatable bonds is 7. The van der Waals surface area contributed by atoms with Gasteiger partial charge in [0.25, 0.3) is 10.0 Å². The van der Waals surface area contributed by atoms with Crippen LogP contribution >= 0.6 is 11.6 Å². The van der Waals surface area contributed by atoms with E-state index in [4.69, 9.17) is 11.6 Å². The summed E-state index contributed by atoms with van der Waals surface area (Å²) in [5.74, 6) is -0.426. The van der Waals surface area contributed by atoms with Crippen LogP contribution in [0.4, 0.5) is 5.69 Å². The van der Waals surface area contributed by atoms with Gasteiger partial charge in [0.1, 0.15) is 6.54 Å². The van der Waals surface area contributed by atoms with Crippen molar-refractivity contribution in [2.45, 2.75) is 18.4 Å². The molecule has 0 radical (unpaired) electrons. The molecule has 1 amide bonds. The Balaban J connectivity index is 1.85. The van der Waals surface area contributed by atoms with Gasteiger partial charge in [-0.05, 0) is 36.8 Å². The number of amides is 1. The third kappa shape index (κ3) is 5.16. The minimum atomic E-state index is -3.97. The van der Waals surface area contributed by atoms with Crippen LogP contribution in [0, 0.1) is 6.92 Å². The Morgan fingerprint density at radius 3 is 2.21 bits per heavy atom. The molecule has 150 valence electrons. The molecular weight excluding hydrogens is 408 g/mol. The summed E-state index contributed by atoms with van der Waals surface area (Å²) in [4.78, 5) is 12.7. The second-order valence-corrected chi connectivity index (χ2v) is 8.81. The maximum atomic E-state index is 13.2. The Bertz CT molecular complexity index is 1080. The number of halogens is 1. The van der Waals surface area contributed by atoms with Crippen molar-refractivity contribution >= 4 is 33.2 Å². The second kappa shape index (κ2) is 9.11. The van der Waals surface area contributed by atoms with Gasteiger partial charge in [0, 0.05) is 6.54 Å². The summed E-state index contributed by atoms with van der Waals surface area (Å²) in [6.45, 7) is 1.91. The first-order valence-corrected chi connectivity index (χ1v) is 10.8. The van der Waals surface area contributed by atoms with Crippen molar-refractivity contribution in [3.05, 3.63) is 95.0 Å². The Labute approximate surface area is 176 Å². The highest BCUT2D eigenvalue weighted by Gasteiger charge is 2.28. The lowest BCUT2D eigenvalue weighted by Crippen LogP contribution is -2.40. The number of hydrogen-bond acceptors (Lipinski definition) is 3. The summed E-state index contributed by atoms with van der Waals surface area (Å²) in [6.07, 6.45) is 0. The Morgan fingerprint density at radius 1 is 0.931 bits per heavy atom. The maximum absolute atomic E-state index is 13.2. The maximum Gasteiger partial charge on any atom is 0.264 e. The number of nitrogens with zero attached hydrogens (tertiary/aromatic N) is 1. The van der Waals surface area contributed by atoms with Crippen molar-refractivity contribution in [3.63, 3.8) is 0 Å². The van der Waals surface area contributed by atoms with Crippen LogP contribution in [-0.4, -0.2) is 20.9 Å². The molecule has 0 heterocycles. The van der Waals surface area contributed by atoms with E-state index in [9.17, 15) is 13.2 Å². The highest BCUT2D eigenvalue weighted by molar-refractivity contribution is 7.92. The highest BCUT2D eigenvalue weighted by atomic mass is 35.5. The van der Waals surface area contributed by atoms with Crippen LogP contribution in [0.15, 0.2) is 83.8 Å². The number of aryl methyl sites for hydroxylation is 1. The van der Waals surface area contributed by atoms with Gasteiger partial charge in [-0.3, -0.25) is 9.10 Å². The van der Waals surface area contributed by atoms with Crippen molar-refractivity contribution in [1.82, 2.24) is 5.32 Å². The topological polar surface area (TPSA) is 66.5 Å². The molecule has 1 N–H and O–H groups in total. The fourth-order valence-corrected chi connectivity index (χ4v) is 4.52. The summed E-state index contributed by atoms with van der Waals surface area (Å²) < 4.78 is 27.5. The molecule has 3 aromatic carbocycles. The number of anilines is 1. The van der Waals surface area contributed by atoms with Crippen molar-refractivity contribution in [2.75, 3.05) is 10.8 Å². The average molecular weight is 429 g/mol. The predicted molar refractivity (Wildman–Crippen MR) is 115 cm³/mol. The highest BCUT2D eigenvalue weighted by Crippen LogP contribution is 2.30. The molecule has 0 aromatic heterocycles. The summed E-state index contributed by atoms with van der Waals surface area (Å²) in [7, 11) is -3.97. The molecule has 0 saturated carbocycles. The van der Waals surface area contributed by atoms with Gasteiger partial charge in [-0.2, -0.15) is 0 Å². The lowest BCUT2D eigenvalue weighted by molar-refractivity contribution is -0.119. The van der Waals surface area contributed by atoms with Gasteiger partial charge in [0.2, 0.25) is 5.91 Å². The monoisotopic (exact) mass is 428 g/mol. The zero-order valence-electron chi connectivity index (χ0n) is 15.9. The van der Waals surface area contributed by atoms with E-state index in [1.54, 1.807) is 42.5 Å².